The highest BCUT2D eigenvalue weighted by Gasteiger charge is 2.23. The van der Waals surface area contributed by atoms with Gasteiger partial charge in [-0.2, -0.15) is 0 Å². The van der Waals surface area contributed by atoms with Gasteiger partial charge in [-0.05, 0) is 23.6 Å². The molecule has 2 N–H and O–H groups in total. The lowest BCUT2D eigenvalue weighted by atomic mass is 10.2. The second-order valence-electron chi connectivity index (χ2n) is 5.98. The average molecular weight is 362 g/mol. The molecule has 1 saturated heterocycles. The molecule has 0 bridgehead atoms. The number of guanidine groups is 1. The third kappa shape index (κ3) is 5.32. The van der Waals surface area contributed by atoms with Gasteiger partial charge in [-0.25, -0.2) is 0 Å². The number of aliphatic imine (C=N–C) groups is 1. The summed E-state index contributed by atoms with van der Waals surface area (Å²) >= 11 is 1.81. The predicted octanol–water partition coefficient (Wildman–Crippen LogP) is 1.79. The summed E-state index contributed by atoms with van der Waals surface area (Å²) in [5.74, 6) is 0.849. The first-order valence-corrected chi connectivity index (χ1v) is 9.65. The summed E-state index contributed by atoms with van der Waals surface area (Å²) in [5, 5.41) is 9.02. The van der Waals surface area contributed by atoms with Crippen molar-refractivity contribution in [3.8, 4) is 0 Å². The molecule has 0 spiro atoms. The number of nitrogens with one attached hydrogen (secondary N) is 2. The number of ether oxygens (including phenoxy) is 1. The Hall–Kier alpha value is -1.83. The zero-order valence-electron chi connectivity index (χ0n) is 14.7. The van der Waals surface area contributed by atoms with Crippen molar-refractivity contribution in [2.24, 2.45) is 4.99 Å². The Bertz CT molecular complexity index is 620. The first-order valence-electron chi connectivity index (χ1n) is 8.77. The van der Waals surface area contributed by atoms with Crippen LogP contribution in [0.5, 0.6) is 0 Å². The smallest absolute Gasteiger partial charge is 0.191 e. The fraction of sp³-hybridized carbons (Fsp3) is 0.500. The molecule has 1 aliphatic rings. The summed E-state index contributed by atoms with van der Waals surface area (Å²) in [6, 6.07) is 8.78. The van der Waals surface area contributed by atoms with E-state index in [1.807, 2.05) is 30.5 Å². The maximum absolute atomic E-state index is 5.51. The van der Waals surface area contributed by atoms with E-state index in [0.29, 0.717) is 6.04 Å². The number of morpholine rings is 1. The van der Waals surface area contributed by atoms with Crippen molar-refractivity contribution in [2.45, 2.75) is 12.6 Å². The topological polar surface area (TPSA) is 53.8 Å². The SMILES string of the molecule is CN=C(NCCn1cccc1)NCC(c1cccs1)N1CCOCC1. The zero-order valence-corrected chi connectivity index (χ0v) is 15.5. The summed E-state index contributed by atoms with van der Waals surface area (Å²) in [7, 11) is 1.82. The third-order valence-electron chi connectivity index (χ3n) is 4.37. The van der Waals surface area contributed by atoms with E-state index in [9.17, 15) is 0 Å². The Kier molecular flexibility index (Phi) is 6.90. The van der Waals surface area contributed by atoms with Crippen LogP contribution in [0.3, 0.4) is 0 Å². The Labute approximate surface area is 153 Å². The lowest BCUT2D eigenvalue weighted by molar-refractivity contribution is 0.0177. The molecule has 0 radical (unpaired) electrons. The van der Waals surface area contributed by atoms with Crippen LogP contribution in [-0.2, 0) is 11.3 Å². The van der Waals surface area contributed by atoms with Crippen molar-refractivity contribution in [2.75, 3.05) is 46.4 Å². The first kappa shape index (κ1) is 18.0. The quantitative estimate of drug-likeness (QED) is 0.583. The minimum Gasteiger partial charge on any atom is -0.379 e. The van der Waals surface area contributed by atoms with Crippen molar-refractivity contribution in [3.05, 3.63) is 46.9 Å². The number of hydrogen-bond donors (Lipinski definition) is 2. The fourth-order valence-electron chi connectivity index (χ4n) is 3.02. The molecule has 1 fully saturated rings. The Balaban J connectivity index is 1.51. The molecule has 0 saturated carbocycles. The Morgan fingerprint density at radius 3 is 2.72 bits per heavy atom. The summed E-state index contributed by atoms with van der Waals surface area (Å²) in [4.78, 5) is 8.23. The first-order chi connectivity index (χ1) is 12.4. The van der Waals surface area contributed by atoms with E-state index in [-0.39, 0.29) is 0 Å². The van der Waals surface area contributed by atoms with Gasteiger partial charge in [-0.3, -0.25) is 9.89 Å². The molecule has 0 aromatic carbocycles. The van der Waals surface area contributed by atoms with Gasteiger partial charge in [0.1, 0.15) is 0 Å². The van der Waals surface area contributed by atoms with Crippen molar-refractivity contribution in [1.29, 1.82) is 0 Å². The highest BCUT2D eigenvalue weighted by molar-refractivity contribution is 7.10. The largest absolute Gasteiger partial charge is 0.379 e. The van der Waals surface area contributed by atoms with E-state index in [1.165, 1.54) is 4.88 Å². The molecule has 2 aromatic heterocycles. The molecule has 0 amide bonds. The van der Waals surface area contributed by atoms with Gasteiger partial charge in [0.25, 0.3) is 0 Å². The van der Waals surface area contributed by atoms with E-state index >= 15 is 0 Å². The molecule has 6 nitrogen and oxygen atoms in total. The van der Waals surface area contributed by atoms with Gasteiger partial charge < -0.3 is 19.9 Å². The van der Waals surface area contributed by atoms with Crippen molar-refractivity contribution < 1.29 is 4.74 Å². The fourth-order valence-corrected chi connectivity index (χ4v) is 3.88. The molecule has 3 heterocycles. The summed E-state index contributed by atoms with van der Waals surface area (Å²) < 4.78 is 7.66. The summed E-state index contributed by atoms with van der Waals surface area (Å²) in [6.45, 7) is 6.18. The summed E-state index contributed by atoms with van der Waals surface area (Å²) in [6.07, 6.45) is 4.15. The van der Waals surface area contributed by atoms with E-state index in [0.717, 1.165) is 51.9 Å². The Morgan fingerprint density at radius 1 is 1.24 bits per heavy atom. The van der Waals surface area contributed by atoms with Crippen LogP contribution >= 0.6 is 11.3 Å². The Morgan fingerprint density at radius 2 is 2.04 bits per heavy atom. The van der Waals surface area contributed by atoms with E-state index in [2.05, 4.69) is 55.0 Å². The van der Waals surface area contributed by atoms with Crippen molar-refractivity contribution in [1.82, 2.24) is 20.1 Å². The highest BCUT2D eigenvalue weighted by Crippen LogP contribution is 2.25. The molecule has 1 unspecified atom stereocenters. The molecule has 0 aliphatic carbocycles. The van der Waals surface area contributed by atoms with Gasteiger partial charge in [0.05, 0.1) is 19.3 Å². The molecule has 1 atom stereocenters. The van der Waals surface area contributed by atoms with Gasteiger partial charge >= 0.3 is 0 Å². The van der Waals surface area contributed by atoms with Crippen LogP contribution in [0.4, 0.5) is 0 Å². The van der Waals surface area contributed by atoms with Gasteiger partial charge in [0.2, 0.25) is 0 Å². The number of thiophene rings is 1. The van der Waals surface area contributed by atoms with Gasteiger partial charge in [-0.1, -0.05) is 6.07 Å². The van der Waals surface area contributed by atoms with E-state index in [1.54, 1.807) is 0 Å². The molecule has 2 aromatic rings. The molecular formula is C18H27N5OS. The van der Waals surface area contributed by atoms with Crippen LogP contribution in [0.15, 0.2) is 47.0 Å². The normalized spacial score (nSPS) is 17.4. The van der Waals surface area contributed by atoms with Gasteiger partial charge in [0.15, 0.2) is 5.96 Å². The average Bonchev–Trinajstić information content (AvgIpc) is 3.35. The lowest BCUT2D eigenvalue weighted by Crippen LogP contribution is -2.46. The second kappa shape index (κ2) is 9.60. The van der Waals surface area contributed by atoms with Crippen molar-refractivity contribution >= 4 is 17.3 Å². The zero-order chi connectivity index (χ0) is 17.3. The number of hydrogen-bond acceptors (Lipinski definition) is 4. The van der Waals surface area contributed by atoms with Crippen LogP contribution in [0.25, 0.3) is 0 Å². The minimum absolute atomic E-state index is 0.354. The maximum Gasteiger partial charge on any atom is 0.191 e. The molecule has 25 heavy (non-hydrogen) atoms. The second-order valence-corrected chi connectivity index (χ2v) is 6.96. The predicted molar refractivity (Wildman–Crippen MR) is 103 cm³/mol. The lowest BCUT2D eigenvalue weighted by Gasteiger charge is -2.34. The molecule has 7 heteroatoms. The van der Waals surface area contributed by atoms with Crippen LogP contribution in [-0.4, -0.2) is 61.9 Å². The van der Waals surface area contributed by atoms with E-state index in [4.69, 9.17) is 4.74 Å². The summed E-state index contributed by atoms with van der Waals surface area (Å²) in [5.41, 5.74) is 0. The van der Waals surface area contributed by atoms with E-state index < -0.39 is 0 Å². The maximum atomic E-state index is 5.51. The standard InChI is InChI=1S/C18H27N5OS/c1-19-18(20-6-9-22-7-2-3-8-22)21-15-16(17-5-4-14-25-17)23-10-12-24-13-11-23/h2-5,7-8,14,16H,6,9-13,15H2,1H3,(H2,19,20,21). The molecule has 136 valence electrons. The molecule has 3 rings (SSSR count). The van der Waals surface area contributed by atoms with Crippen molar-refractivity contribution in [3.63, 3.8) is 0 Å². The highest BCUT2D eigenvalue weighted by atomic mass is 32.1. The van der Waals surface area contributed by atoms with Crippen LogP contribution in [0, 0.1) is 0 Å². The molecular weight excluding hydrogens is 334 g/mol. The number of nitrogens with zero attached hydrogens (tertiary/aromatic N) is 3. The third-order valence-corrected chi connectivity index (χ3v) is 5.35. The number of rotatable bonds is 7. The van der Waals surface area contributed by atoms with Crippen LogP contribution < -0.4 is 10.6 Å². The van der Waals surface area contributed by atoms with Crippen LogP contribution in [0.1, 0.15) is 10.9 Å². The minimum atomic E-state index is 0.354. The van der Waals surface area contributed by atoms with Gasteiger partial charge in [-0.15, -0.1) is 11.3 Å². The molecule has 1 aliphatic heterocycles. The van der Waals surface area contributed by atoms with Crippen LogP contribution in [0.2, 0.25) is 0 Å². The van der Waals surface area contributed by atoms with Gasteiger partial charge in [0, 0.05) is 57.0 Å². The monoisotopic (exact) mass is 361 g/mol. The number of aromatic nitrogens is 1.